The van der Waals surface area contributed by atoms with Gasteiger partial charge in [-0.15, -0.1) is 14.2 Å². The highest BCUT2D eigenvalue weighted by molar-refractivity contribution is 5.90. The summed E-state index contributed by atoms with van der Waals surface area (Å²) < 4.78 is 0.0430. The first-order valence-electron chi connectivity index (χ1n) is 3.41. The lowest BCUT2D eigenvalue weighted by molar-refractivity contribution is 0.119. The van der Waals surface area contributed by atoms with Crippen LogP contribution >= 0.6 is 0 Å². The predicted molar refractivity (Wildman–Crippen MR) is 41.8 cm³/mol. The van der Waals surface area contributed by atoms with Crippen molar-refractivity contribution in [2.24, 2.45) is 0 Å². The summed E-state index contributed by atoms with van der Waals surface area (Å²) in [4.78, 5) is 10.9. The number of rotatable bonds is 0. The summed E-state index contributed by atoms with van der Waals surface area (Å²) in [5.41, 5.74) is 2.72. The zero-order chi connectivity index (χ0) is 10.6. The molecule has 0 fully saturated rings. The van der Waals surface area contributed by atoms with Gasteiger partial charge in [-0.2, -0.15) is 0 Å². The highest BCUT2D eigenvalue weighted by Crippen LogP contribution is 2.30. The van der Waals surface area contributed by atoms with Crippen molar-refractivity contribution in [1.82, 2.24) is 14.2 Å². The number of hydrogen-bond donors (Lipinski definition) is 5. The molecule has 0 aliphatic rings. The molecule has 0 aliphatic carbocycles. The molecule has 2 rings (SSSR count). The minimum Gasteiger partial charge on any atom is -0.491 e. The number of hydrogen-bond acceptors (Lipinski definition) is 6. The molecule has 2 aromatic heterocycles. The van der Waals surface area contributed by atoms with E-state index in [1.807, 2.05) is 0 Å². The van der Waals surface area contributed by atoms with E-state index in [1.165, 1.54) is 0 Å². The van der Waals surface area contributed by atoms with Gasteiger partial charge in [0.1, 0.15) is 5.69 Å². The van der Waals surface area contributed by atoms with E-state index in [0.29, 0.717) is 0 Å². The maximum atomic E-state index is 10.9. The Morgan fingerprint density at radius 1 is 1.07 bits per heavy atom. The summed E-state index contributed by atoms with van der Waals surface area (Å²) in [7, 11) is 0. The molecule has 9 nitrogen and oxygen atoms in total. The Balaban J connectivity index is 3.16. The normalized spacial score (nSPS) is 11.1. The van der Waals surface area contributed by atoms with Gasteiger partial charge in [0, 0.05) is 0 Å². The second kappa shape index (κ2) is 2.07. The molecule has 76 valence electrons. The van der Waals surface area contributed by atoms with E-state index in [1.54, 1.807) is 0 Å². The van der Waals surface area contributed by atoms with Crippen molar-refractivity contribution in [3.05, 3.63) is 10.5 Å². The first kappa shape index (κ1) is 8.16. The SMILES string of the molecule is Nc1c(O)n(O)c2c1n(O)c(=O)n2O. The number of aromatic hydroxyl groups is 1. The Kier molecular flexibility index (Phi) is 1.21. The number of anilines is 1. The van der Waals surface area contributed by atoms with Crippen molar-refractivity contribution < 1.29 is 20.7 Å². The van der Waals surface area contributed by atoms with Crippen LogP contribution in [0.4, 0.5) is 5.69 Å². The zero-order valence-corrected chi connectivity index (χ0v) is 6.62. The van der Waals surface area contributed by atoms with Crippen LogP contribution in [0.3, 0.4) is 0 Å². The van der Waals surface area contributed by atoms with Crippen molar-refractivity contribution >= 4 is 16.9 Å². The van der Waals surface area contributed by atoms with Crippen molar-refractivity contribution in [2.75, 3.05) is 5.73 Å². The molecule has 2 aromatic rings. The molecule has 0 radical (unpaired) electrons. The number of nitrogen functional groups attached to an aromatic ring is 1. The number of nitrogens with zero attached hydrogens (tertiary/aromatic N) is 3. The molecule has 0 saturated carbocycles. The van der Waals surface area contributed by atoms with E-state index in [0.717, 1.165) is 0 Å². The van der Waals surface area contributed by atoms with Gasteiger partial charge < -0.3 is 26.5 Å². The van der Waals surface area contributed by atoms with Crippen LogP contribution < -0.4 is 11.4 Å². The predicted octanol–water partition coefficient (Wildman–Crippen LogP) is -1.40. The van der Waals surface area contributed by atoms with Crippen LogP contribution in [0.2, 0.25) is 0 Å². The molecule has 9 heteroatoms. The molecular formula is C5H6N4O5. The number of imidazole rings is 1. The molecule has 14 heavy (non-hydrogen) atoms. The molecule has 2 heterocycles. The number of nitrogens with two attached hydrogens (primary N) is 1. The molecule has 6 N–H and O–H groups in total. The summed E-state index contributed by atoms with van der Waals surface area (Å²) in [6.45, 7) is 0. The molecule has 0 amide bonds. The molecule has 0 bridgehead atoms. The standard InChI is InChI=1S/C5H6N4O5/c6-1-2-3(8(13)4(1)10)9(14)5(11)7(2)12/h10,12-14H,6H2. The molecule has 0 unspecified atom stereocenters. The summed E-state index contributed by atoms with van der Waals surface area (Å²) in [5, 5.41) is 36.4. The fourth-order valence-electron chi connectivity index (χ4n) is 1.22. The van der Waals surface area contributed by atoms with E-state index < -0.39 is 22.9 Å². The number of fused-ring (bicyclic) bond motifs is 1. The summed E-state index contributed by atoms with van der Waals surface area (Å²) in [6.07, 6.45) is 0. The van der Waals surface area contributed by atoms with Gasteiger partial charge in [-0.3, -0.25) is 0 Å². The average molecular weight is 202 g/mol. The van der Waals surface area contributed by atoms with Crippen LogP contribution in [-0.2, 0) is 0 Å². The first-order chi connectivity index (χ1) is 6.46. The van der Waals surface area contributed by atoms with Crippen LogP contribution in [0.25, 0.3) is 11.2 Å². The summed E-state index contributed by atoms with van der Waals surface area (Å²) >= 11 is 0. The van der Waals surface area contributed by atoms with E-state index in [9.17, 15) is 4.79 Å². The third-order valence-corrected chi connectivity index (χ3v) is 1.88. The Morgan fingerprint density at radius 2 is 1.64 bits per heavy atom. The lowest BCUT2D eigenvalue weighted by Gasteiger charge is -1.95. The minimum absolute atomic E-state index is 0.0110. The van der Waals surface area contributed by atoms with E-state index in [2.05, 4.69) is 0 Å². The van der Waals surface area contributed by atoms with Crippen LogP contribution in [0.1, 0.15) is 0 Å². The van der Waals surface area contributed by atoms with Crippen LogP contribution in [0.15, 0.2) is 4.79 Å². The lowest BCUT2D eigenvalue weighted by atomic mass is 10.5. The van der Waals surface area contributed by atoms with Gasteiger partial charge in [-0.25, -0.2) is 4.79 Å². The van der Waals surface area contributed by atoms with Crippen LogP contribution in [0, 0.1) is 0 Å². The number of aromatic nitrogens is 3. The highest BCUT2D eigenvalue weighted by Gasteiger charge is 2.24. The second-order valence-electron chi connectivity index (χ2n) is 2.63. The quantitative estimate of drug-likeness (QED) is 0.333. The van der Waals surface area contributed by atoms with Gasteiger partial charge in [0.15, 0.2) is 5.52 Å². The smallest absolute Gasteiger partial charge is 0.396 e. The van der Waals surface area contributed by atoms with Gasteiger partial charge in [-0.05, 0) is 0 Å². The van der Waals surface area contributed by atoms with Gasteiger partial charge in [0.25, 0.3) is 5.88 Å². The first-order valence-corrected chi connectivity index (χ1v) is 3.41. The third kappa shape index (κ3) is 0.620. The molecule has 0 aromatic carbocycles. The fourth-order valence-corrected chi connectivity index (χ4v) is 1.22. The lowest BCUT2D eigenvalue weighted by Crippen LogP contribution is -2.22. The van der Waals surface area contributed by atoms with Gasteiger partial charge in [0.2, 0.25) is 5.65 Å². The molecule has 0 spiro atoms. The van der Waals surface area contributed by atoms with Crippen molar-refractivity contribution in [1.29, 1.82) is 0 Å². The third-order valence-electron chi connectivity index (χ3n) is 1.88. The molecule has 0 aliphatic heterocycles. The Morgan fingerprint density at radius 3 is 2.14 bits per heavy atom. The van der Waals surface area contributed by atoms with Crippen molar-refractivity contribution in [3.8, 4) is 5.88 Å². The molecular weight excluding hydrogens is 196 g/mol. The zero-order valence-electron chi connectivity index (χ0n) is 6.62. The van der Waals surface area contributed by atoms with Crippen LogP contribution in [0.5, 0.6) is 5.88 Å². The van der Waals surface area contributed by atoms with Gasteiger partial charge in [-0.1, -0.05) is 0 Å². The molecule has 0 atom stereocenters. The largest absolute Gasteiger partial charge is 0.491 e. The highest BCUT2D eigenvalue weighted by atomic mass is 16.5. The van der Waals surface area contributed by atoms with Crippen molar-refractivity contribution in [2.45, 2.75) is 0 Å². The minimum atomic E-state index is -1.20. The van der Waals surface area contributed by atoms with E-state index >= 15 is 0 Å². The van der Waals surface area contributed by atoms with E-state index in [4.69, 9.17) is 26.5 Å². The Bertz CT molecular complexity index is 529. The van der Waals surface area contributed by atoms with Crippen LogP contribution in [-0.4, -0.2) is 34.9 Å². The average Bonchev–Trinajstić information content (AvgIpc) is 2.51. The Hall–Kier alpha value is -2.45. The monoisotopic (exact) mass is 202 g/mol. The maximum absolute atomic E-state index is 10.9. The summed E-state index contributed by atoms with van der Waals surface area (Å²) in [6, 6.07) is 0. The molecule has 0 saturated heterocycles. The van der Waals surface area contributed by atoms with Gasteiger partial charge in [0.05, 0.1) is 0 Å². The van der Waals surface area contributed by atoms with Gasteiger partial charge >= 0.3 is 5.69 Å². The second-order valence-corrected chi connectivity index (χ2v) is 2.63. The topological polar surface area (TPSA) is 139 Å². The van der Waals surface area contributed by atoms with E-state index in [-0.39, 0.29) is 19.7 Å². The maximum Gasteiger partial charge on any atom is 0.396 e. The Labute approximate surface area is 74.9 Å². The van der Waals surface area contributed by atoms with Crippen molar-refractivity contribution in [3.63, 3.8) is 0 Å². The fraction of sp³-hybridized carbons (Fsp3) is 0. The summed E-state index contributed by atoms with van der Waals surface area (Å²) in [5.74, 6) is -0.777.